The number of aromatic nitrogens is 1. The maximum atomic E-state index is 9.13. The summed E-state index contributed by atoms with van der Waals surface area (Å²) >= 11 is 5.98. The Labute approximate surface area is 121 Å². The van der Waals surface area contributed by atoms with E-state index in [1.54, 1.807) is 12.3 Å². The Balaban J connectivity index is 2.10. The molecule has 0 saturated heterocycles. The smallest absolute Gasteiger partial charge is 0.101 e. The number of pyridine rings is 1. The summed E-state index contributed by atoms with van der Waals surface area (Å²) in [5.41, 5.74) is 3.09. The van der Waals surface area contributed by atoms with Crippen molar-refractivity contribution >= 4 is 33.9 Å². The van der Waals surface area contributed by atoms with E-state index >= 15 is 0 Å². The molecular formula is C16H10ClN3. The van der Waals surface area contributed by atoms with Gasteiger partial charge in [0.25, 0.3) is 0 Å². The predicted octanol–water partition coefficient (Wildman–Crippen LogP) is 4.50. The number of nitrogens with zero attached hydrogens (tertiary/aromatic N) is 2. The molecule has 0 saturated carbocycles. The fraction of sp³-hybridized carbons (Fsp3) is 0. The number of para-hydroxylation sites is 1. The summed E-state index contributed by atoms with van der Waals surface area (Å²) in [7, 11) is 0. The Bertz CT molecular complexity index is 821. The third-order valence-electron chi connectivity index (χ3n) is 3.02. The molecule has 1 aromatic heterocycles. The van der Waals surface area contributed by atoms with Crippen LogP contribution in [-0.4, -0.2) is 4.98 Å². The molecule has 3 aromatic rings. The fourth-order valence-electron chi connectivity index (χ4n) is 2.06. The minimum Gasteiger partial charge on any atom is -0.354 e. The van der Waals surface area contributed by atoms with Crippen molar-refractivity contribution in [1.82, 2.24) is 4.98 Å². The van der Waals surface area contributed by atoms with Crippen molar-refractivity contribution in [3.8, 4) is 6.07 Å². The number of hydrogen-bond donors (Lipinski definition) is 1. The van der Waals surface area contributed by atoms with Crippen LogP contribution in [0.3, 0.4) is 0 Å². The van der Waals surface area contributed by atoms with Crippen LogP contribution in [0.15, 0.2) is 54.7 Å². The molecule has 3 rings (SSSR count). The lowest BCUT2D eigenvalue weighted by Crippen LogP contribution is -1.95. The lowest BCUT2D eigenvalue weighted by atomic mass is 10.1. The van der Waals surface area contributed by atoms with E-state index < -0.39 is 0 Å². The zero-order valence-electron chi connectivity index (χ0n) is 10.5. The highest BCUT2D eigenvalue weighted by atomic mass is 35.5. The van der Waals surface area contributed by atoms with Crippen LogP contribution in [0.5, 0.6) is 0 Å². The molecule has 0 spiro atoms. The first-order valence-electron chi connectivity index (χ1n) is 6.08. The maximum Gasteiger partial charge on any atom is 0.101 e. The maximum absolute atomic E-state index is 9.13. The number of benzene rings is 2. The second-order valence-corrected chi connectivity index (χ2v) is 4.74. The highest BCUT2D eigenvalue weighted by Crippen LogP contribution is 2.28. The van der Waals surface area contributed by atoms with E-state index in [4.69, 9.17) is 16.9 Å². The molecular weight excluding hydrogens is 270 g/mol. The van der Waals surface area contributed by atoms with Crippen molar-refractivity contribution in [2.45, 2.75) is 0 Å². The molecule has 96 valence electrons. The zero-order chi connectivity index (χ0) is 13.9. The number of rotatable bonds is 2. The van der Waals surface area contributed by atoms with Crippen molar-refractivity contribution in [3.05, 3.63) is 65.3 Å². The minimum absolute atomic E-state index is 0.603. The van der Waals surface area contributed by atoms with E-state index in [2.05, 4.69) is 16.4 Å². The second kappa shape index (κ2) is 5.20. The van der Waals surface area contributed by atoms with Gasteiger partial charge < -0.3 is 5.32 Å². The SMILES string of the molecule is N#Cc1ccccc1Nc1ccnc2cc(Cl)ccc12. The van der Waals surface area contributed by atoms with Gasteiger partial charge in [-0.1, -0.05) is 23.7 Å². The van der Waals surface area contributed by atoms with E-state index in [0.717, 1.165) is 22.3 Å². The van der Waals surface area contributed by atoms with Gasteiger partial charge in [0, 0.05) is 22.3 Å². The number of halogens is 1. The van der Waals surface area contributed by atoms with Gasteiger partial charge in [0.15, 0.2) is 0 Å². The summed E-state index contributed by atoms with van der Waals surface area (Å²) in [6, 6.07) is 17.0. The number of fused-ring (bicyclic) bond motifs is 1. The molecule has 0 unspecified atom stereocenters. The van der Waals surface area contributed by atoms with Gasteiger partial charge in [0.2, 0.25) is 0 Å². The molecule has 1 N–H and O–H groups in total. The van der Waals surface area contributed by atoms with E-state index in [-0.39, 0.29) is 0 Å². The molecule has 0 radical (unpaired) electrons. The van der Waals surface area contributed by atoms with E-state index in [1.165, 1.54) is 0 Å². The molecule has 2 aromatic carbocycles. The van der Waals surface area contributed by atoms with Crippen LogP contribution in [0.25, 0.3) is 10.9 Å². The number of nitrogens with one attached hydrogen (secondary N) is 1. The highest BCUT2D eigenvalue weighted by molar-refractivity contribution is 6.31. The Kier molecular flexibility index (Phi) is 3.24. The van der Waals surface area contributed by atoms with Gasteiger partial charge in [-0.05, 0) is 36.4 Å². The van der Waals surface area contributed by atoms with Gasteiger partial charge in [-0.25, -0.2) is 0 Å². The largest absolute Gasteiger partial charge is 0.354 e. The summed E-state index contributed by atoms with van der Waals surface area (Å²) in [4.78, 5) is 4.30. The third-order valence-corrected chi connectivity index (χ3v) is 3.26. The minimum atomic E-state index is 0.603. The lowest BCUT2D eigenvalue weighted by Gasteiger charge is -2.10. The summed E-state index contributed by atoms with van der Waals surface area (Å²) in [5, 5.41) is 14.0. The molecule has 1 heterocycles. The van der Waals surface area contributed by atoms with Gasteiger partial charge in [-0.2, -0.15) is 5.26 Å². The van der Waals surface area contributed by atoms with Crippen LogP contribution in [0, 0.1) is 11.3 Å². The molecule has 0 amide bonds. The van der Waals surface area contributed by atoms with Crippen LogP contribution >= 0.6 is 11.6 Å². The van der Waals surface area contributed by atoms with E-state index in [1.807, 2.05) is 42.5 Å². The van der Waals surface area contributed by atoms with Crippen molar-refractivity contribution in [2.75, 3.05) is 5.32 Å². The summed E-state index contributed by atoms with van der Waals surface area (Å²) in [5.74, 6) is 0. The first-order chi connectivity index (χ1) is 9.78. The molecule has 0 atom stereocenters. The van der Waals surface area contributed by atoms with Crippen LogP contribution in [-0.2, 0) is 0 Å². The Hall–Kier alpha value is -2.57. The quantitative estimate of drug-likeness (QED) is 0.751. The van der Waals surface area contributed by atoms with Crippen molar-refractivity contribution in [1.29, 1.82) is 5.26 Å². The normalized spacial score (nSPS) is 10.2. The third kappa shape index (κ3) is 2.29. The van der Waals surface area contributed by atoms with Gasteiger partial charge in [0.05, 0.1) is 16.8 Å². The standard InChI is InChI=1S/C16H10ClN3/c17-12-5-6-13-15(7-8-19-16(13)9-12)20-14-4-2-1-3-11(14)10-18/h1-9H,(H,19,20). The first-order valence-corrected chi connectivity index (χ1v) is 6.46. The topological polar surface area (TPSA) is 48.7 Å². The Morgan fingerprint density at radius 1 is 1.05 bits per heavy atom. The van der Waals surface area contributed by atoms with Crippen molar-refractivity contribution < 1.29 is 0 Å². The van der Waals surface area contributed by atoms with Gasteiger partial charge >= 0.3 is 0 Å². The average Bonchev–Trinajstić information content (AvgIpc) is 2.47. The molecule has 0 aliphatic heterocycles. The van der Waals surface area contributed by atoms with Gasteiger partial charge in [0.1, 0.15) is 6.07 Å². The van der Waals surface area contributed by atoms with Gasteiger partial charge in [-0.15, -0.1) is 0 Å². The van der Waals surface area contributed by atoms with E-state index in [0.29, 0.717) is 10.6 Å². The van der Waals surface area contributed by atoms with Crippen molar-refractivity contribution in [2.24, 2.45) is 0 Å². The van der Waals surface area contributed by atoms with Crippen LogP contribution < -0.4 is 5.32 Å². The van der Waals surface area contributed by atoms with Gasteiger partial charge in [-0.3, -0.25) is 4.98 Å². The van der Waals surface area contributed by atoms with Crippen LogP contribution in [0.1, 0.15) is 5.56 Å². The first kappa shape index (κ1) is 12.5. The molecule has 0 fully saturated rings. The monoisotopic (exact) mass is 279 g/mol. The van der Waals surface area contributed by atoms with Crippen molar-refractivity contribution in [3.63, 3.8) is 0 Å². The second-order valence-electron chi connectivity index (χ2n) is 4.30. The fourth-order valence-corrected chi connectivity index (χ4v) is 2.23. The highest BCUT2D eigenvalue weighted by Gasteiger charge is 2.05. The summed E-state index contributed by atoms with van der Waals surface area (Å²) in [6.07, 6.45) is 1.72. The number of hydrogen-bond acceptors (Lipinski definition) is 3. The Morgan fingerprint density at radius 2 is 1.90 bits per heavy atom. The number of anilines is 2. The van der Waals surface area contributed by atoms with Crippen LogP contribution in [0.4, 0.5) is 11.4 Å². The molecule has 20 heavy (non-hydrogen) atoms. The molecule has 4 heteroatoms. The molecule has 0 aliphatic rings. The van der Waals surface area contributed by atoms with Crippen LogP contribution in [0.2, 0.25) is 5.02 Å². The predicted molar refractivity (Wildman–Crippen MR) is 81.2 cm³/mol. The summed E-state index contributed by atoms with van der Waals surface area (Å²) < 4.78 is 0. The number of nitriles is 1. The molecule has 0 bridgehead atoms. The molecule has 0 aliphatic carbocycles. The Morgan fingerprint density at radius 3 is 2.75 bits per heavy atom. The lowest BCUT2D eigenvalue weighted by molar-refractivity contribution is 1.40. The summed E-state index contributed by atoms with van der Waals surface area (Å²) in [6.45, 7) is 0. The molecule has 3 nitrogen and oxygen atoms in total. The zero-order valence-corrected chi connectivity index (χ0v) is 11.2. The average molecular weight is 280 g/mol. The van der Waals surface area contributed by atoms with E-state index in [9.17, 15) is 0 Å².